The standard InChI is InChI=1S/C25H34N2O4S/c1-25(2,3)27-32(29,30)23-14-7-4-10-20(23)18-26-24(28)16-15-19-9-8-13-22(17-19)31-21-11-5-6-12-21/h4,7-10,13-14,17,21,27H,5-6,11-12,15-16,18H2,1-3H3,(H,26,28). The van der Waals surface area contributed by atoms with Crippen LogP contribution in [0.4, 0.5) is 0 Å². The summed E-state index contributed by atoms with van der Waals surface area (Å²) in [7, 11) is -3.68. The number of rotatable bonds is 9. The zero-order valence-electron chi connectivity index (χ0n) is 19.2. The highest BCUT2D eigenvalue weighted by Gasteiger charge is 2.24. The fourth-order valence-corrected chi connectivity index (χ4v) is 5.54. The molecule has 32 heavy (non-hydrogen) atoms. The third-order valence-corrected chi connectivity index (χ3v) is 7.18. The van der Waals surface area contributed by atoms with E-state index in [-0.39, 0.29) is 17.3 Å². The first-order chi connectivity index (χ1) is 15.1. The number of benzene rings is 2. The summed E-state index contributed by atoms with van der Waals surface area (Å²) < 4.78 is 34.2. The minimum absolute atomic E-state index is 0.122. The van der Waals surface area contributed by atoms with Crippen LogP contribution in [0.25, 0.3) is 0 Å². The van der Waals surface area contributed by atoms with Crippen molar-refractivity contribution in [2.75, 3.05) is 0 Å². The molecule has 0 saturated heterocycles. The van der Waals surface area contributed by atoms with Gasteiger partial charge in [-0.15, -0.1) is 0 Å². The molecule has 1 fully saturated rings. The molecule has 2 N–H and O–H groups in total. The molecule has 1 aliphatic carbocycles. The Hall–Kier alpha value is -2.38. The van der Waals surface area contributed by atoms with Crippen LogP contribution in [0.5, 0.6) is 5.75 Å². The average Bonchev–Trinajstić information content (AvgIpc) is 3.22. The Morgan fingerprint density at radius 3 is 2.50 bits per heavy atom. The van der Waals surface area contributed by atoms with Crippen LogP contribution in [0, 0.1) is 0 Å². The van der Waals surface area contributed by atoms with E-state index in [9.17, 15) is 13.2 Å². The third-order valence-electron chi connectivity index (χ3n) is 5.32. The van der Waals surface area contributed by atoms with Crippen molar-refractivity contribution >= 4 is 15.9 Å². The highest BCUT2D eigenvalue weighted by molar-refractivity contribution is 7.89. The van der Waals surface area contributed by atoms with E-state index in [0.717, 1.165) is 24.2 Å². The van der Waals surface area contributed by atoms with Crippen LogP contribution in [0.15, 0.2) is 53.4 Å². The fourth-order valence-electron chi connectivity index (χ4n) is 3.88. The van der Waals surface area contributed by atoms with Gasteiger partial charge < -0.3 is 10.1 Å². The first-order valence-electron chi connectivity index (χ1n) is 11.3. The minimum atomic E-state index is -3.68. The van der Waals surface area contributed by atoms with Gasteiger partial charge in [0.1, 0.15) is 5.75 Å². The van der Waals surface area contributed by atoms with E-state index in [0.29, 0.717) is 24.5 Å². The molecule has 0 unspecified atom stereocenters. The third kappa shape index (κ3) is 7.35. The molecule has 0 radical (unpaired) electrons. The first-order valence-corrected chi connectivity index (χ1v) is 12.7. The molecule has 0 aliphatic heterocycles. The molecule has 0 aromatic heterocycles. The molecular weight excluding hydrogens is 424 g/mol. The second-order valence-corrected chi connectivity index (χ2v) is 11.1. The summed E-state index contributed by atoms with van der Waals surface area (Å²) in [4.78, 5) is 12.6. The van der Waals surface area contributed by atoms with Crippen LogP contribution < -0.4 is 14.8 Å². The first kappa shape index (κ1) is 24.3. The van der Waals surface area contributed by atoms with E-state index >= 15 is 0 Å². The second-order valence-electron chi connectivity index (χ2n) is 9.41. The number of sulfonamides is 1. The number of hydrogen-bond acceptors (Lipinski definition) is 4. The second kappa shape index (κ2) is 10.5. The SMILES string of the molecule is CC(C)(C)NS(=O)(=O)c1ccccc1CNC(=O)CCc1cccc(OC2CCCC2)c1. The highest BCUT2D eigenvalue weighted by Crippen LogP contribution is 2.25. The lowest BCUT2D eigenvalue weighted by Crippen LogP contribution is -2.41. The van der Waals surface area contributed by atoms with Gasteiger partial charge in [-0.05, 0) is 82.2 Å². The van der Waals surface area contributed by atoms with E-state index in [1.807, 2.05) is 24.3 Å². The van der Waals surface area contributed by atoms with Crippen molar-refractivity contribution in [3.63, 3.8) is 0 Å². The lowest BCUT2D eigenvalue weighted by atomic mass is 10.1. The molecule has 0 atom stereocenters. The zero-order chi connectivity index (χ0) is 23.2. The maximum atomic E-state index is 12.7. The summed E-state index contributed by atoms with van der Waals surface area (Å²) in [6, 6.07) is 14.7. The number of carbonyl (C=O) groups excluding carboxylic acids is 1. The Bertz CT molecular complexity index is 1020. The largest absolute Gasteiger partial charge is 0.490 e. The van der Waals surface area contributed by atoms with Gasteiger partial charge >= 0.3 is 0 Å². The number of ether oxygens (including phenoxy) is 1. The Labute approximate surface area is 191 Å². The highest BCUT2D eigenvalue weighted by atomic mass is 32.2. The van der Waals surface area contributed by atoms with Crippen LogP contribution in [0.3, 0.4) is 0 Å². The van der Waals surface area contributed by atoms with Gasteiger partial charge in [-0.3, -0.25) is 4.79 Å². The Morgan fingerprint density at radius 1 is 1.06 bits per heavy atom. The monoisotopic (exact) mass is 458 g/mol. The van der Waals surface area contributed by atoms with Gasteiger partial charge in [-0.1, -0.05) is 30.3 Å². The van der Waals surface area contributed by atoms with E-state index in [1.54, 1.807) is 45.0 Å². The molecule has 7 heteroatoms. The topological polar surface area (TPSA) is 84.5 Å². The van der Waals surface area contributed by atoms with Crippen LogP contribution in [0.1, 0.15) is 64.0 Å². The van der Waals surface area contributed by atoms with Crippen LogP contribution in [-0.2, 0) is 27.8 Å². The smallest absolute Gasteiger partial charge is 0.241 e. The molecule has 1 aliphatic rings. The number of amides is 1. The average molecular weight is 459 g/mol. The van der Waals surface area contributed by atoms with Gasteiger partial charge in [0.2, 0.25) is 15.9 Å². The zero-order valence-corrected chi connectivity index (χ0v) is 20.0. The minimum Gasteiger partial charge on any atom is -0.490 e. The lowest BCUT2D eigenvalue weighted by Gasteiger charge is -2.21. The number of aryl methyl sites for hydroxylation is 1. The molecular formula is C25H34N2O4S. The van der Waals surface area contributed by atoms with E-state index in [2.05, 4.69) is 10.0 Å². The molecule has 174 valence electrons. The molecule has 0 spiro atoms. The Morgan fingerprint density at radius 2 is 1.78 bits per heavy atom. The van der Waals surface area contributed by atoms with E-state index < -0.39 is 15.6 Å². The van der Waals surface area contributed by atoms with Gasteiger partial charge in [0.25, 0.3) is 0 Å². The summed E-state index contributed by atoms with van der Waals surface area (Å²) >= 11 is 0. The predicted octanol–water partition coefficient (Wildman–Crippen LogP) is 4.33. The van der Waals surface area contributed by atoms with Crippen molar-refractivity contribution in [3.8, 4) is 5.75 Å². The summed E-state index contributed by atoms with van der Waals surface area (Å²) in [6.07, 6.45) is 5.88. The van der Waals surface area contributed by atoms with Crippen molar-refractivity contribution < 1.29 is 17.9 Å². The van der Waals surface area contributed by atoms with Crippen molar-refractivity contribution in [2.24, 2.45) is 0 Å². The summed E-state index contributed by atoms with van der Waals surface area (Å²) in [5.74, 6) is 0.739. The molecule has 2 aromatic rings. The lowest BCUT2D eigenvalue weighted by molar-refractivity contribution is -0.121. The van der Waals surface area contributed by atoms with Crippen LogP contribution in [-0.4, -0.2) is 26.0 Å². The molecule has 2 aromatic carbocycles. The van der Waals surface area contributed by atoms with Crippen LogP contribution in [0.2, 0.25) is 0 Å². The number of hydrogen-bond donors (Lipinski definition) is 2. The number of nitrogens with one attached hydrogen (secondary N) is 2. The van der Waals surface area contributed by atoms with Crippen molar-refractivity contribution in [3.05, 3.63) is 59.7 Å². The molecule has 3 rings (SSSR count). The Kier molecular flexibility index (Phi) is 7.96. The van der Waals surface area contributed by atoms with Gasteiger partial charge in [-0.2, -0.15) is 0 Å². The van der Waals surface area contributed by atoms with E-state index in [1.165, 1.54) is 12.8 Å². The maximum Gasteiger partial charge on any atom is 0.241 e. The fraction of sp³-hybridized carbons (Fsp3) is 0.480. The summed E-state index contributed by atoms with van der Waals surface area (Å²) in [6.45, 7) is 5.54. The molecule has 0 heterocycles. The number of carbonyl (C=O) groups is 1. The van der Waals surface area contributed by atoms with E-state index in [4.69, 9.17) is 4.74 Å². The quantitative estimate of drug-likeness (QED) is 0.586. The van der Waals surface area contributed by atoms with Gasteiger partial charge in [0.05, 0.1) is 11.0 Å². The van der Waals surface area contributed by atoms with Crippen molar-refractivity contribution in [1.82, 2.24) is 10.0 Å². The van der Waals surface area contributed by atoms with Gasteiger partial charge in [0.15, 0.2) is 0 Å². The molecule has 0 bridgehead atoms. The molecule has 6 nitrogen and oxygen atoms in total. The maximum absolute atomic E-state index is 12.7. The van der Waals surface area contributed by atoms with Crippen LogP contribution >= 0.6 is 0 Å². The Balaban J connectivity index is 1.55. The van der Waals surface area contributed by atoms with Crippen molar-refractivity contribution in [2.45, 2.75) is 82.4 Å². The normalized spacial score (nSPS) is 15.0. The van der Waals surface area contributed by atoms with Gasteiger partial charge in [0, 0.05) is 18.5 Å². The molecule has 1 amide bonds. The van der Waals surface area contributed by atoms with Gasteiger partial charge in [-0.25, -0.2) is 13.1 Å². The summed E-state index contributed by atoms with van der Waals surface area (Å²) in [5, 5.41) is 2.86. The predicted molar refractivity (Wildman–Crippen MR) is 126 cm³/mol. The molecule has 1 saturated carbocycles. The summed E-state index contributed by atoms with van der Waals surface area (Å²) in [5.41, 5.74) is 1.02. The van der Waals surface area contributed by atoms with Crippen molar-refractivity contribution in [1.29, 1.82) is 0 Å².